The molecule has 1 unspecified atom stereocenters. The van der Waals surface area contributed by atoms with Crippen LogP contribution in [0.5, 0.6) is 0 Å². The van der Waals surface area contributed by atoms with Crippen molar-refractivity contribution in [3.8, 4) is 0 Å². The van der Waals surface area contributed by atoms with Crippen LogP contribution in [-0.4, -0.2) is 12.6 Å². The van der Waals surface area contributed by atoms with Gasteiger partial charge < -0.3 is 5.32 Å². The average molecular weight is 242 g/mol. The largest absolute Gasteiger partial charge is 0.314 e. The number of hydrogen-bond donors (Lipinski definition) is 1. The summed E-state index contributed by atoms with van der Waals surface area (Å²) in [6.45, 7) is 4.77. The summed E-state index contributed by atoms with van der Waals surface area (Å²) in [6.07, 6.45) is 3.26. The first-order valence-corrected chi connectivity index (χ1v) is 6.15. The lowest BCUT2D eigenvalue weighted by Crippen LogP contribution is -2.24. The van der Waals surface area contributed by atoms with Gasteiger partial charge in [0.2, 0.25) is 0 Å². The van der Waals surface area contributed by atoms with E-state index in [0.29, 0.717) is 16.6 Å². The van der Waals surface area contributed by atoms with Crippen LogP contribution in [-0.2, 0) is 6.42 Å². The second kappa shape index (κ2) is 4.72. The predicted octanol–water partition coefficient (Wildman–Crippen LogP) is 3.39. The van der Waals surface area contributed by atoms with Gasteiger partial charge in [-0.2, -0.15) is 0 Å². The van der Waals surface area contributed by atoms with E-state index in [1.54, 1.807) is 13.0 Å². The fourth-order valence-electron chi connectivity index (χ4n) is 2.30. The van der Waals surface area contributed by atoms with E-state index in [4.69, 9.17) is 11.6 Å². The molecule has 1 heterocycles. The molecule has 1 fully saturated rings. The molecular weight excluding hydrogens is 225 g/mol. The number of halogens is 2. The Kier molecular flexibility index (Phi) is 3.50. The van der Waals surface area contributed by atoms with Gasteiger partial charge in [0.25, 0.3) is 0 Å². The third-order valence-corrected chi connectivity index (χ3v) is 3.99. The summed E-state index contributed by atoms with van der Waals surface area (Å²) < 4.78 is 13.6. The zero-order valence-electron chi connectivity index (χ0n) is 9.74. The molecule has 3 heteroatoms. The van der Waals surface area contributed by atoms with Crippen LogP contribution < -0.4 is 5.32 Å². The van der Waals surface area contributed by atoms with Crippen LogP contribution in [0.15, 0.2) is 6.07 Å². The lowest BCUT2D eigenvalue weighted by atomic mass is 9.98. The normalized spacial score (nSPS) is 20.4. The van der Waals surface area contributed by atoms with Crippen LogP contribution in [0.3, 0.4) is 0 Å². The maximum Gasteiger partial charge on any atom is 0.127 e. The minimum absolute atomic E-state index is 0.191. The minimum Gasteiger partial charge on any atom is -0.314 e. The molecule has 1 aliphatic rings. The third-order valence-electron chi connectivity index (χ3n) is 3.43. The van der Waals surface area contributed by atoms with Crippen molar-refractivity contribution in [2.75, 3.05) is 6.54 Å². The topological polar surface area (TPSA) is 12.0 Å². The lowest BCUT2D eigenvalue weighted by Gasteiger charge is -2.15. The van der Waals surface area contributed by atoms with Crippen LogP contribution in [0.2, 0.25) is 5.02 Å². The summed E-state index contributed by atoms with van der Waals surface area (Å²) in [5, 5.41) is 4.00. The summed E-state index contributed by atoms with van der Waals surface area (Å²) in [5.41, 5.74) is 2.61. The second-order valence-electron chi connectivity index (χ2n) is 4.58. The molecule has 1 saturated heterocycles. The highest BCUT2D eigenvalue weighted by molar-refractivity contribution is 6.32. The van der Waals surface area contributed by atoms with Gasteiger partial charge in [-0.3, -0.25) is 0 Å². The molecule has 0 saturated carbocycles. The Morgan fingerprint density at radius 2 is 2.19 bits per heavy atom. The molecular formula is C13H17ClFN. The molecule has 0 bridgehead atoms. The SMILES string of the molecule is Cc1c(F)cc(CC2CCCN2)c(C)c1Cl. The van der Waals surface area contributed by atoms with E-state index in [1.807, 2.05) is 6.92 Å². The van der Waals surface area contributed by atoms with Crippen molar-refractivity contribution >= 4 is 11.6 Å². The molecule has 1 aliphatic heterocycles. The first kappa shape index (κ1) is 11.9. The van der Waals surface area contributed by atoms with Gasteiger partial charge in [-0.25, -0.2) is 4.39 Å². The van der Waals surface area contributed by atoms with Crippen LogP contribution >= 0.6 is 11.6 Å². The van der Waals surface area contributed by atoms with E-state index >= 15 is 0 Å². The van der Waals surface area contributed by atoms with Gasteiger partial charge >= 0.3 is 0 Å². The first-order valence-electron chi connectivity index (χ1n) is 5.77. The number of hydrogen-bond acceptors (Lipinski definition) is 1. The van der Waals surface area contributed by atoms with Crippen molar-refractivity contribution in [3.05, 3.63) is 33.6 Å². The molecule has 1 aromatic rings. The average Bonchev–Trinajstić information content (AvgIpc) is 2.76. The van der Waals surface area contributed by atoms with Crippen molar-refractivity contribution < 1.29 is 4.39 Å². The van der Waals surface area contributed by atoms with Crippen LogP contribution in [0.1, 0.15) is 29.5 Å². The molecule has 1 aromatic carbocycles. The van der Waals surface area contributed by atoms with Gasteiger partial charge in [-0.1, -0.05) is 11.6 Å². The highest BCUT2D eigenvalue weighted by atomic mass is 35.5. The third kappa shape index (κ3) is 2.23. The minimum atomic E-state index is -0.191. The van der Waals surface area contributed by atoms with Gasteiger partial charge in [-0.15, -0.1) is 0 Å². The Labute approximate surface area is 101 Å². The van der Waals surface area contributed by atoms with E-state index < -0.39 is 0 Å². The van der Waals surface area contributed by atoms with E-state index in [-0.39, 0.29) is 5.82 Å². The molecule has 88 valence electrons. The molecule has 2 rings (SSSR count). The van der Waals surface area contributed by atoms with Crippen molar-refractivity contribution in [3.63, 3.8) is 0 Å². The van der Waals surface area contributed by atoms with Gasteiger partial charge in [0, 0.05) is 16.6 Å². The van der Waals surface area contributed by atoms with Crippen molar-refractivity contribution in [1.29, 1.82) is 0 Å². The molecule has 0 aromatic heterocycles. The highest BCUT2D eigenvalue weighted by Crippen LogP contribution is 2.27. The fraction of sp³-hybridized carbons (Fsp3) is 0.538. The van der Waals surface area contributed by atoms with E-state index in [0.717, 1.165) is 24.1 Å². The molecule has 0 radical (unpaired) electrons. The maximum atomic E-state index is 13.6. The van der Waals surface area contributed by atoms with Crippen LogP contribution in [0.4, 0.5) is 4.39 Å². The van der Waals surface area contributed by atoms with Crippen molar-refractivity contribution in [1.82, 2.24) is 5.32 Å². The van der Waals surface area contributed by atoms with E-state index in [9.17, 15) is 4.39 Å². The summed E-state index contributed by atoms with van der Waals surface area (Å²) in [6, 6.07) is 2.12. The zero-order valence-corrected chi connectivity index (χ0v) is 10.5. The number of benzene rings is 1. The Bertz CT molecular complexity index is 397. The summed E-state index contributed by atoms with van der Waals surface area (Å²) in [4.78, 5) is 0. The quantitative estimate of drug-likeness (QED) is 0.837. The highest BCUT2D eigenvalue weighted by Gasteiger charge is 2.18. The lowest BCUT2D eigenvalue weighted by molar-refractivity contribution is 0.588. The Hall–Kier alpha value is -0.600. The van der Waals surface area contributed by atoms with Crippen molar-refractivity contribution in [2.24, 2.45) is 0 Å². The summed E-state index contributed by atoms with van der Waals surface area (Å²) in [7, 11) is 0. The first-order chi connectivity index (χ1) is 7.59. The van der Waals surface area contributed by atoms with E-state index in [1.165, 1.54) is 12.8 Å². The van der Waals surface area contributed by atoms with Gasteiger partial charge in [-0.05, 0) is 56.8 Å². The Balaban J connectivity index is 2.26. The zero-order chi connectivity index (χ0) is 11.7. The standard InChI is InChI=1S/C13H17ClFN/c1-8-10(6-11-4-3-5-16-11)7-12(15)9(2)13(8)14/h7,11,16H,3-6H2,1-2H3. The Morgan fingerprint density at radius 3 is 2.81 bits per heavy atom. The molecule has 0 spiro atoms. The predicted molar refractivity (Wildman–Crippen MR) is 65.6 cm³/mol. The monoisotopic (exact) mass is 241 g/mol. The molecule has 0 amide bonds. The van der Waals surface area contributed by atoms with Crippen LogP contribution in [0.25, 0.3) is 0 Å². The molecule has 1 N–H and O–H groups in total. The van der Waals surface area contributed by atoms with Gasteiger partial charge in [0.15, 0.2) is 0 Å². The number of rotatable bonds is 2. The molecule has 1 atom stereocenters. The summed E-state index contributed by atoms with van der Waals surface area (Å²) in [5.74, 6) is -0.191. The van der Waals surface area contributed by atoms with E-state index in [2.05, 4.69) is 5.32 Å². The smallest absolute Gasteiger partial charge is 0.127 e. The van der Waals surface area contributed by atoms with Crippen LogP contribution in [0, 0.1) is 19.7 Å². The van der Waals surface area contributed by atoms with Gasteiger partial charge in [0.05, 0.1) is 0 Å². The maximum absolute atomic E-state index is 13.6. The fourth-order valence-corrected chi connectivity index (χ4v) is 2.52. The molecule has 0 aliphatic carbocycles. The molecule has 16 heavy (non-hydrogen) atoms. The second-order valence-corrected chi connectivity index (χ2v) is 4.96. The summed E-state index contributed by atoms with van der Waals surface area (Å²) >= 11 is 6.11. The Morgan fingerprint density at radius 1 is 1.44 bits per heavy atom. The van der Waals surface area contributed by atoms with Crippen molar-refractivity contribution in [2.45, 2.75) is 39.2 Å². The number of nitrogens with one attached hydrogen (secondary N) is 1. The molecule has 1 nitrogen and oxygen atoms in total. The van der Waals surface area contributed by atoms with Gasteiger partial charge in [0.1, 0.15) is 5.82 Å².